The number of hydrogen-bond donors (Lipinski definition) is 2. The Morgan fingerprint density at radius 2 is 1.88 bits per heavy atom. The highest BCUT2D eigenvalue weighted by molar-refractivity contribution is 5.97. The summed E-state index contributed by atoms with van der Waals surface area (Å²) in [6.45, 7) is 2.83. The highest BCUT2D eigenvalue weighted by Crippen LogP contribution is 2.39. The second-order valence-electron chi connectivity index (χ2n) is 10.4. The molecule has 1 aliphatic heterocycles. The summed E-state index contributed by atoms with van der Waals surface area (Å²) in [4.78, 5) is 26.9. The SMILES string of the molecule is COC(=O)c1c(F)cccc1-c1ccc(CNC(=O)C2CC2COc2ccc(CN3CCC(O)C3)cc2)c(F)c1. The van der Waals surface area contributed by atoms with Crippen molar-refractivity contribution in [1.82, 2.24) is 10.2 Å². The molecule has 210 valence electrons. The number of carbonyl (C=O) groups is 2. The number of β-amino-alcohol motifs (C(OH)–C–C–N with tert-alkyl or cyclic N) is 1. The Bertz CT molecular complexity index is 1380. The molecule has 3 aromatic rings. The normalized spacial score (nSPS) is 20.2. The van der Waals surface area contributed by atoms with E-state index in [4.69, 9.17) is 4.74 Å². The van der Waals surface area contributed by atoms with Gasteiger partial charge < -0.3 is 19.9 Å². The molecule has 2 fully saturated rings. The highest BCUT2D eigenvalue weighted by Gasteiger charge is 2.43. The summed E-state index contributed by atoms with van der Waals surface area (Å²) in [6, 6.07) is 16.3. The number of aliphatic hydroxyl groups is 1. The molecule has 0 bridgehead atoms. The molecular weight excluding hydrogens is 518 g/mol. The average molecular weight is 551 g/mol. The van der Waals surface area contributed by atoms with E-state index >= 15 is 0 Å². The predicted octanol–water partition coefficient (Wildman–Crippen LogP) is 4.32. The van der Waals surface area contributed by atoms with Crippen LogP contribution in [0.1, 0.15) is 34.3 Å². The monoisotopic (exact) mass is 550 g/mol. The maximum Gasteiger partial charge on any atom is 0.341 e. The van der Waals surface area contributed by atoms with Gasteiger partial charge in [-0.05, 0) is 53.8 Å². The quantitative estimate of drug-likeness (QED) is 0.366. The van der Waals surface area contributed by atoms with Gasteiger partial charge in [0.05, 0.1) is 19.8 Å². The molecule has 0 aromatic heterocycles. The van der Waals surface area contributed by atoms with E-state index in [9.17, 15) is 23.5 Å². The van der Waals surface area contributed by atoms with E-state index in [1.807, 2.05) is 24.3 Å². The number of nitrogens with one attached hydrogen (secondary N) is 1. The third-order valence-electron chi connectivity index (χ3n) is 7.52. The summed E-state index contributed by atoms with van der Waals surface area (Å²) in [5.41, 5.74) is 1.74. The Labute approximate surface area is 231 Å². The minimum atomic E-state index is -0.844. The molecular formula is C31H32F2N2O5. The number of aliphatic hydroxyl groups excluding tert-OH is 1. The van der Waals surface area contributed by atoms with Gasteiger partial charge in [-0.15, -0.1) is 0 Å². The van der Waals surface area contributed by atoms with Crippen LogP contribution < -0.4 is 10.1 Å². The van der Waals surface area contributed by atoms with Crippen molar-refractivity contribution in [3.63, 3.8) is 0 Å². The molecule has 0 radical (unpaired) electrons. The van der Waals surface area contributed by atoms with Crippen molar-refractivity contribution in [2.24, 2.45) is 11.8 Å². The van der Waals surface area contributed by atoms with Crippen LogP contribution in [-0.4, -0.2) is 54.8 Å². The summed E-state index contributed by atoms with van der Waals surface area (Å²) in [7, 11) is 1.16. The van der Waals surface area contributed by atoms with Crippen LogP contribution >= 0.6 is 0 Å². The van der Waals surface area contributed by atoms with E-state index in [1.165, 1.54) is 24.3 Å². The third kappa shape index (κ3) is 6.48. The van der Waals surface area contributed by atoms with Crippen LogP contribution in [0.15, 0.2) is 60.7 Å². The van der Waals surface area contributed by atoms with Crippen LogP contribution in [0, 0.1) is 23.5 Å². The zero-order valence-electron chi connectivity index (χ0n) is 22.2. The molecule has 3 unspecified atom stereocenters. The van der Waals surface area contributed by atoms with Crippen molar-refractivity contribution in [2.45, 2.75) is 32.0 Å². The zero-order valence-corrected chi connectivity index (χ0v) is 22.2. The van der Waals surface area contributed by atoms with Crippen molar-refractivity contribution < 1.29 is 33.0 Å². The number of carbonyl (C=O) groups excluding carboxylic acids is 2. The first-order valence-corrected chi connectivity index (χ1v) is 13.4. The molecule has 3 aromatic carbocycles. The predicted molar refractivity (Wildman–Crippen MR) is 144 cm³/mol. The Hall–Kier alpha value is -3.82. The second kappa shape index (κ2) is 12.1. The standard InChI is InChI=1S/C31H32F2N2O5/c1-39-31(38)29-25(3-2-4-27(29)32)20-7-8-21(28(33)14-20)15-34-30(37)26-13-22(26)18-40-24-9-5-19(6-10-24)16-35-12-11-23(36)17-35/h2-10,14,22-23,26,36H,11-13,15-18H2,1H3,(H,34,37). The Morgan fingerprint density at radius 1 is 1.07 bits per heavy atom. The number of ether oxygens (including phenoxy) is 2. The maximum atomic E-state index is 14.9. The molecule has 1 saturated heterocycles. The van der Waals surface area contributed by atoms with E-state index in [0.717, 1.165) is 44.0 Å². The molecule has 0 spiro atoms. The maximum absolute atomic E-state index is 14.9. The summed E-state index contributed by atoms with van der Waals surface area (Å²) >= 11 is 0. The van der Waals surface area contributed by atoms with Gasteiger partial charge in [-0.25, -0.2) is 13.6 Å². The molecule has 1 saturated carbocycles. The van der Waals surface area contributed by atoms with Gasteiger partial charge in [0.15, 0.2) is 0 Å². The van der Waals surface area contributed by atoms with Crippen LogP contribution in [0.4, 0.5) is 8.78 Å². The first kappa shape index (κ1) is 27.7. The van der Waals surface area contributed by atoms with Gasteiger partial charge in [0.1, 0.15) is 22.9 Å². The van der Waals surface area contributed by atoms with E-state index < -0.39 is 17.6 Å². The highest BCUT2D eigenvalue weighted by atomic mass is 19.1. The lowest BCUT2D eigenvalue weighted by Gasteiger charge is -2.15. The van der Waals surface area contributed by atoms with Gasteiger partial charge in [0.25, 0.3) is 0 Å². The molecule has 9 heteroatoms. The van der Waals surface area contributed by atoms with Crippen LogP contribution in [0.3, 0.4) is 0 Å². The topological polar surface area (TPSA) is 88.1 Å². The Balaban J connectivity index is 1.09. The number of hydrogen-bond acceptors (Lipinski definition) is 6. The van der Waals surface area contributed by atoms with E-state index in [0.29, 0.717) is 25.1 Å². The molecule has 2 N–H and O–H groups in total. The fourth-order valence-electron chi connectivity index (χ4n) is 5.11. The van der Waals surface area contributed by atoms with Gasteiger partial charge in [-0.3, -0.25) is 9.69 Å². The van der Waals surface area contributed by atoms with Crippen LogP contribution in [0.2, 0.25) is 0 Å². The summed E-state index contributed by atoms with van der Waals surface area (Å²) in [5.74, 6) is -1.66. The fourth-order valence-corrected chi connectivity index (χ4v) is 5.11. The van der Waals surface area contributed by atoms with Crippen LogP contribution in [0.5, 0.6) is 5.75 Å². The molecule has 2 aliphatic rings. The van der Waals surface area contributed by atoms with Gasteiger partial charge in [0, 0.05) is 43.6 Å². The molecule has 1 heterocycles. The van der Waals surface area contributed by atoms with Crippen molar-refractivity contribution in [1.29, 1.82) is 0 Å². The van der Waals surface area contributed by atoms with Crippen molar-refractivity contribution in [3.05, 3.63) is 89.0 Å². The van der Waals surface area contributed by atoms with Gasteiger partial charge in [-0.2, -0.15) is 0 Å². The molecule has 1 aliphatic carbocycles. The fraction of sp³-hybridized carbons (Fsp3) is 0.355. The van der Waals surface area contributed by atoms with Crippen molar-refractivity contribution in [3.8, 4) is 16.9 Å². The first-order valence-electron chi connectivity index (χ1n) is 13.4. The lowest BCUT2D eigenvalue weighted by molar-refractivity contribution is -0.122. The number of benzene rings is 3. The van der Waals surface area contributed by atoms with E-state index in [-0.39, 0.29) is 47.1 Å². The van der Waals surface area contributed by atoms with Crippen LogP contribution in [-0.2, 0) is 22.6 Å². The van der Waals surface area contributed by atoms with Crippen molar-refractivity contribution in [2.75, 3.05) is 26.8 Å². The summed E-state index contributed by atoms with van der Waals surface area (Å²) in [5, 5.41) is 12.5. The Morgan fingerprint density at radius 3 is 2.58 bits per heavy atom. The molecule has 5 rings (SSSR count). The summed E-state index contributed by atoms with van der Waals surface area (Å²) in [6.07, 6.45) is 1.29. The van der Waals surface area contributed by atoms with Crippen molar-refractivity contribution >= 4 is 11.9 Å². The number of halogens is 2. The Kier molecular flexibility index (Phi) is 8.42. The second-order valence-corrected chi connectivity index (χ2v) is 10.4. The largest absolute Gasteiger partial charge is 0.493 e. The number of rotatable bonds is 10. The first-order chi connectivity index (χ1) is 19.3. The zero-order chi connectivity index (χ0) is 28.2. The minimum Gasteiger partial charge on any atom is -0.493 e. The molecule has 1 amide bonds. The molecule has 40 heavy (non-hydrogen) atoms. The van der Waals surface area contributed by atoms with E-state index in [1.54, 1.807) is 6.07 Å². The number of methoxy groups -OCH3 is 1. The number of nitrogens with zero attached hydrogens (tertiary/aromatic N) is 1. The third-order valence-corrected chi connectivity index (χ3v) is 7.52. The number of esters is 1. The smallest absolute Gasteiger partial charge is 0.341 e. The summed E-state index contributed by atoms with van der Waals surface area (Å²) < 4.78 is 39.7. The number of amides is 1. The molecule has 7 nitrogen and oxygen atoms in total. The van der Waals surface area contributed by atoms with E-state index in [2.05, 4.69) is 15.0 Å². The molecule has 3 atom stereocenters. The minimum absolute atomic E-state index is 0.0114. The lowest BCUT2D eigenvalue weighted by atomic mass is 9.98. The van der Waals surface area contributed by atoms with Gasteiger partial charge in [0.2, 0.25) is 5.91 Å². The van der Waals surface area contributed by atoms with Gasteiger partial charge in [-0.1, -0.05) is 36.4 Å². The lowest BCUT2D eigenvalue weighted by Crippen LogP contribution is -2.26. The van der Waals surface area contributed by atoms with Gasteiger partial charge >= 0.3 is 5.97 Å². The number of likely N-dealkylation sites (tertiary alicyclic amines) is 1. The van der Waals surface area contributed by atoms with Crippen LogP contribution in [0.25, 0.3) is 11.1 Å². The average Bonchev–Trinajstić information content (AvgIpc) is 3.63.